The molecule has 2 aromatic rings. The van der Waals surface area contributed by atoms with Crippen LogP contribution in [0, 0.1) is 17.2 Å². The van der Waals surface area contributed by atoms with Crippen molar-refractivity contribution < 1.29 is 0 Å². The number of hydrogen-bond acceptors (Lipinski definition) is 1. The van der Waals surface area contributed by atoms with Crippen molar-refractivity contribution >= 4 is 11.6 Å². The summed E-state index contributed by atoms with van der Waals surface area (Å²) in [7, 11) is 0. The van der Waals surface area contributed by atoms with E-state index in [2.05, 4.69) is 18.2 Å². The fourth-order valence-electron chi connectivity index (χ4n) is 3.56. The summed E-state index contributed by atoms with van der Waals surface area (Å²) in [4.78, 5) is 0. The summed E-state index contributed by atoms with van der Waals surface area (Å²) in [5.41, 5.74) is 3.46. The van der Waals surface area contributed by atoms with Crippen molar-refractivity contribution in [1.29, 1.82) is 5.26 Å². The Hall–Kier alpha value is -1.78. The second kappa shape index (κ2) is 6.99. The van der Waals surface area contributed by atoms with E-state index in [1.54, 1.807) is 0 Å². The van der Waals surface area contributed by atoms with Crippen LogP contribution in [0.2, 0.25) is 5.02 Å². The minimum absolute atomic E-state index is 0.00724. The fourth-order valence-corrected chi connectivity index (χ4v) is 3.68. The van der Waals surface area contributed by atoms with Gasteiger partial charge in [0, 0.05) is 5.02 Å². The highest BCUT2D eigenvalue weighted by Gasteiger charge is 2.26. The van der Waals surface area contributed by atoms with Gasteiger partial charge < -0.3 is 0 Å². The molecular weight excluding hydrogens is 290 g/mol. The van der Waals surface area contributed by atoms with Gasteiger partial charge in [-0.1, -0.05) is 67.3 Å². The summed E-state index contributed by atoms with van der Waals surface area (Å²) in [5.74, 6) is 0.486. The molecule has 112 valence electrons. The lowest BCUT2D eigenvalue weighted by Gasteiger charge is -2.27. The standard InChI is InChI=1S/C20H20ClN/c21-17-12-10-16(11-13-17)18-8-4-5-9-19(18)20(14-22)15-6-2-1-3-7-15/h4-5,8-13,15,20H,1-3,6-7H2/t20-/m0/s1. The Kier molecular flexibility index (Phi) is 4.80. The van der Waals surface area contributed by atoms with Crippen LogP contribution < -0.4 is 0 Å². The van der Waals surface area contributed by atoms with E-state index in [0.29, 0.717) is 5.92 Å². The molecule has 0 radical (unpaired) electrons. The van der Waals surface area contributed by atoms with Crippen molar-refractivity contribution in [3.05, 3.63) is 59.1 Å². The van der Waals surface area contributed by atoms with Crippen LogP contribution in [0.1, 0.15) is 43.6 Å². The summed E-state index contributed by atoms with van der Waals surface area (Å²) >= 11 is 6.00. The maximum absolute atomic E-state index is 9.78. The molecule has 0 aliphatic heterocycles. The Labute approximate surface area is 137 Å². The normalized spacial score (nSPS) is 16.9. The molecule has 0 N–H and O–H groups in total. The maximum Gasteiger partial charge on any atom is 0.0746 e. The molecule has 1 atom stereocenters. The first-order valence-electron chi connectivity index (χ1n) is 8.04. The average molecular weight is 310 g/mol. The van der Waals surface area contributed by atoms with E-state index in [-0.39, 0.29) is 5.92 Å². The zero-order valence-corrected chi connectivity index (χ0v) is 13.4. The summed E-state index contributed by atoms with van der Waals surface area (Å²) in [6.45, 7) is 0. The van der Waals surface area contributed by atoms with E-state index < -0.39 is 0 Å². The van der Waals surface area contributed by atoms with Gasteiger partial charge in [-0.15, -0.1) is 0 Å². The molecule has 0 amide bonds. The lowest BCUT2D eigenvalue weighted by atomic mass is 9.76. The van der Waals surface area contributed by atoms with Crippen LogP contribution in [-0.4, -0.2) is 0 Å². The molecule has 1 saturated carbocycles. The van der Waals surface area contributed by atoms with Crippen LogP contribution in [0.25, 0.3) is 11.1 Å². The maximum atomic E-state index is 9.78. The van der Waals surface area contributed by atoms with Crippen molar-refractivity contribution in [2.75, 3.05) is 0 Å². The van der Waals surface area contributed by atoms with E-state index in [9.17, 15) is 5.26 Å². The van der Waals surface area contributed by atoms with E-state index in [1.807, 2.05) is 36.4 Å². The molecule has 0 heterocycles. The van der Waals surface area contributed by atoms with Gasteiger partial charge in [0.15, 0.2) is 0 Å². The van der Waals surface area contributed by atoms with Crippen LogP contribution >= 0.6 is 11.6 Å². The van der Waals surface area contributed by atoms with E-state index >= 15 is 0 Å². The lowest BCUT2D eigenvalue weighted by molar-refractivity contribution is 0.336. The highest BCUT2D eigenvalue weighted by atomic mass is 35.5. The molecule has 3 rings (SSSR count). The summed E-state index contributed by atoms with van der Waals surface area (Å²) < 4.78 is 0. The topological polar surface area (TPSA) is 23.8 Å². The minimum Gasteiger partial charge on any atom is -0.198 e. The summed E-state index contributed by atoms with van der Waals surface area (Å²) in [5, 5.41) is 10.5. The SMILES string of the molecule is N#C[C@H](c1ccccc1-c1ccc(Cl)cc1)C1CCCCC1. The first-order chi connectivity index (χ1) is 10.8. The molecule has 22 heavy (non-hydrogen) atoms. The Morgan fingerprint density at radius 3 is 2.32 bits per heavy atom. The van der Waals surface area contributed by atoms with Crippen molar-refractivity contribution in [2.45, 2.75) is 38.0 Å². The van der Waals surface area contributed by atoms with Gasteiger partial charge >= 0.3 is 0 Å². The van der Waals surface area contributed by atoms with Crippen LogP contribution in [0.4, 0.5) is 0 Å². The molecule has 1 fully saturated rings. The minimum atomic E-state index is -0.00724. The molecule has 1 aliphatic carbocycles. The first-order valence-corrected chi connectivity index (χ1v) is 8.42. The molecule has 2 heteroatoms. The van der Waals surface area contributed by atoms with Gasteiger partial charge in [0.2, 0.25) is 0 Å². The highest BCUT2D eigenvalue weighted by molar-refractivity contribution is 6.30. The fraction of sp³-hybridized carbons (Fsp3) is 0.350. The van der Waals surface area contributed by atoms with Crippen molar-refractivity contribution in [3.63, 3.8) is 0 Å². The Morgan fingerprint density at radius 2 is 1.64 bits per heavy atom. The van der Waals surface area contributed by atoms with Gasteiger partial charge in [-0.2, -0.15) is 5.26 Å². The molecule has 0 spiro atoms. The quantitative estimate of drug-likeness (QED) is 0.662. The number of benzene rings is 2. The van der Waals surface area contributed by atoms with Crippen molar-refractivity contribution in [1.82, 2.24) is 0 Å². The third-order valence-corrected chi connectivity index (χ3v) is 4.96. The molecule has 0 saturated heterocycles. The molecule has 0 bridgehead atoms. The summed E-state index contributed by atoms with van der Waals surface area (Å²) in [6, 6.07) is 18.8. The average Bonchev–Trinajstić information content (AvgIpc) is 2.58. The van der Waals surface area contributed by atoms with Crippen LogP contribution in [0.15, 0.2) is 48.5 Å². The van der Waals surface area contributed by atoms with Gasteiger partial charge in [0.05, 0.1) is 12.0 Å². The molecular formula is C20H20ClN. The molecule has 1 nitrogen and oxygen atoms in total. The second-order valence-corrected chi connectivity index (χ2v) is 6.54. The zero-order valence-electron chi connectivity index (χ0n) is 12.6. The number of nitriles is 1. The van der Waals surface area contributed by atoms with E-state index in [1.165, 1.54) is 37.7 Å². The van der Waals surface area contributed by atoms with Crippen molar-refractivity contribution in [3.8, 4) is 17.2 Å². The van der Waals surface area contributed by atoms with Crippen LogP contribution in [-0.2, 0) is 0 Å². The molecule has 0 aromatic heterocycles. The smallest absolute Gasteiger partial charge is 0.0746 e. The Bertz CT molecular complexity index is 663. The van der Waals surface area contributed by atoms with Crippen LogP contribution in [0.3, 0.4) is 0 Å². The predicted octanol–water partition coefficient (Wildman–Crippen LogP) is 6.19. The number of rotatable bonds is 3. The largest absolute Gasteiger partial charge is 0.198 e. The highest BCUT2D eigenvalue weighted by Crippen LogP contribution is 2.39. The van der Waals surface area contributed by atoms with E-state index in [4.69, 9.17) is 11.6 Å². The third kappa shape index (κ3) is 3.18. The van der Waals surface area contributed by atoms with E-state index in [0.717, 1.165) is 16.1 Å². The number of halogens is 1. The molecule has 1 aliphatic rings. The van der Waals surface area contributed by atoms with Crippen LogP contribution in [0.5, 0.6) is 0 Å². The van der Waals surface area contributed by atoms with Gasteiger partial charge in [0.25, 0.3) is 0 Å². The first kappa shape index (κ1) is 15.1. The lowest BCUT2D eigenvalue weighted by Crippen LogP contribution is -2.15. The van der Waals surface area contributed by atoms with Crippen molar-refractivity contribution in [2.24, 2.45) is 5.92 Å². The Balaban J connectivity index is 1.99. The van der Waals surface area contributed by atoms with Gasteiger partial charge in [0.1, 0.15) is 0 Å². The van der Waals surface area contributed by atoms with Gasteiger partial charge in [-0.3, -0.25) is 0 Å². The van der Waals surface area contributed by atoms with Gasteiger partial charge in [-0.25, -0.2) is 0 Å². The monoisotopic (exact) mass is 309 g/mol. The molecule has 2 aromatic carbocycles. The molecule has 0 unspecified atom stereocenters. The third-order valence-electron chi connectivity index (χ3n) is 4.71. The van der Waals surface area contributed by atoms with Gasteiger partial charge in [-0.05, 0) is 47.6 Å². The predicted molar refractivity (Wildman–Crippen MR) is 91.8 cm³/mol. The summed E-state index contributed by atoms with van der Waals surface area (Å²) in [6.07, 6.45) is 6.17. The second-order valence-electron chi connectivity index (χ2n) is 6.10. The zero-order chi connectivity index (χ0) is 15.4. The Morgan fingerprint density at radius 1 is 0.955 bits per heavy atom. The number of hydrogen-bond donors (Lipinski definition) is 0. The number of nitrogens with zero attached hydrogens (tertiary/aromatic N) is 1.